The summed E-state index contributed by atoms with van der Waals surface area (Å²) in [7, 11) is 0. The highest BCUT2D eigenvalue weighted by atomic mass is 16.3. The number of aromatic nitrogens is 5. The number of nitrogens with zero attached hydrogens (tertiary/aromatic N) is 5. The molecule has 104 valence electrons. The monoisotopic (exact) mass is 263 g/mol. The first-order valence-corrected chi connectivity index (χ1v) is 6.53. The van der Waals surface area contributed by atoms with Gasteiger partial charge < -0.3 is 5.11 Å². The molecule has 6 nitrogen and oxygen atoms in total. The predicted octanol–water partition coefficient (Wildman–Crippen LogP) is 1.29. The smallest absolute Gasteiger partial charge is 0.148 e. The zero-order valence-electron chi connectivity index (χ0n) is 12.0. The van der Waals surface area contributed by atoms with Crippen LogP contribution >= 0.6 is 0 Å². The lowest BCUT2D eigenvalue weighted by Crippen LogP contribution is -2.14. The van der Waals surface area contributed by atoms with Crippen molar-refractivity contribution in [2.45, 2.75) is 47.4 Å². The lowest BCUT2D eigenvalue weighted by molar-refractivity contribution is 0.280. The molecule has 6 heteroatoms. The van der Waals surface area contributed by atoms with Gasteiger partial charge in [0.25, 0.3) is 0 Å². The minimum Gasteiger partial charge on any atom is -0.392 e. The van der Waals surface area contributed by atoms with Gasteiger partial charge in [-0.15, -0.1) is 0 Å². The van der Waals surface area contributed by atoms with E-state index in [1.54, 1.807) is 6.33 Å². The molecule has 1 N–H and O–H groups in total. The fourth-order valence-corrected chi connectivity index (χ4v) is 2.16. The van der Waals surface area contributed by atoms with Gasteiger partial charge in [-0.3, -0.25) is 4.68 Å². The maximum atomic E-state index is 9.33. The molecule has 19 heavy (non-hydrogen) atoms. The van der Waals surface area contributed by atoms with E-state index >= 15 is 0 Å². The minimum atomic E-state index is 0.0242. The molecule has 0 amide bonds. The summed E-state index contributed by atoms with van der Waals surface area (Å²) in [6.45, 7) is 9.64. The van der Waals surface area contributed by atoms with E-state index < -0.39 is 0 Å². The van der Waals surface area contributed by atoms with E-state index in [2.05, 4.69) is 29.0 Å². The molecule has 0 bridgehead atoms. The standard InChI is InChI=1S/C13H21N5O/c1-9(2)5-18-13(14-8-15-18)6-17-11(4)12(7-19)10(3)16-17/h8-9,19H,5-7H2,1-4H3. The molecule has 0 radical (unpaired) electrons. The van der Waals surface area contributed by atoms with Crippen LogP contribution in [0.5, 0.6) is 0 Å². The Morgan fingerprint density at radius 3 is 2.58 bits per heavy atom. The Morgan fingerprint density at radius 2 is 2.00 bits per heavy atom. The van der Waals surface area contributed by atoms with Crippen LogP contribution in [0.1, 0.15) is 36.6 Å². The van der Waals surface area contributed by atoms with E-state index in [1.165, 1.54) is 0 Å². The summed E-state index contributed by atoms with van der Waals surface area (Å²) in [4.78, 5) is 4.30. The maximum absolute atomic E-state index is 9.33. The van der Waals surface area contributed by atoms with Crippen LogP contribution in [0.2, 0.25) is 0 Å². The van der Waals surface area contributed by atoms with Crippen LogP contribution in [0.3, 0.4) is 0 Å². The summed E-state index contributed by atoms with van der Waals surface area (Å²) in [6, 6.07) is 0. The second-order valence-corrected chi connectivity index (χ2v) is 5.22. The van der Waals surface area contributed by atoms with E-state index in [0.29, 0.717) is 12.5 Å². The lowest BCUT2D eigenvalue weighted by Gasteiger charge is -2.09. The summed E-state index contributed by atoms with van der Waals surface area (Å²) in [5, 5.41) is 18.0. The van der Waals surface area contributed by atoms with Gasteiger partial charge in [0.1, 0.15) is 18.7 Å². The molecule has 2 aromatic rings. The van der Waals surface area contributed by atoms with Crippen LogP contribution in [-0.4, -0.2) is 29.7 Å². The van der Waals surface area contributed by atoms with Crippen LogP contribution in [0.25, 0.3) is 0 Å². The zero-order valence-corrected chi connectivity index (χ0v) is 12.0. The third kappa shape index (κ3) is 2.84. The number of aliphatic hydroxyl groups excluding tert-OH is 1. The van der Waals surface area contributed by atoms with Crippen LogP contribution in [-0.2, 0) is 19.7 Å². The number of aryl methyl sites for hydroxylation is 1. The second-order valence-electron chi connectivity index (χ2n) is 5.22. The molecule has 0 aliphatic carbocycles. The number of hydrogen-bond donors (Lipinski definition) is 1. The molecule has 0 unspecified atom stereocenters. The van der Waals surface area contributed by atoms with Crippen molar-refractivity contribution in [2.24, 2.45) is 5.92 Å². The molecule has 0 saturated carbocycles. The van der Waals surface area contributed by atoms with Gasteiger partial charge in [0.2, 0.25) is 0 Å². The molecule has 0 aromatic carbocycles. The van der Waals surface area contributed by atoms with Crippen LogP contribution in [0, 0.1) is 19.8 Å². The number of rotatable bonds is 5. The van der Waals surface area contributed by atoms with E-state index in [0.717, 1.165) is 29.3 Å². The molecule has 0 aliphatic rings. The first-order valence-electron chi connectivity index (χ1n) is 6.53. The second kappa shape index (κ2) is 5.52. The molecule has 2 rings (SSSR count). The van der Waals surface area contributed by atoms with Gasteiger partial charge in [-0.2, -0.15) is 10.2 Å². The average Bonchev–Trinajstić information content (AvgIpc) is 2.85. The van der Waals surface area contributed by atoms with Gasteiger partial charge in [-0.05, 0) is 19.8 Å². The van der Waals surface area contributed by atoms with Crippen LogP contribution in [0.4, 0.5) is 0 Å². The van der Waals surface area contributed by atoms with Crippen molar-refractivity contribution < 1.29 is 5.11 Å². The Kier molecular flexibility index (Phi) is 3.99. The predicted molar refractivity (Wildman–Crippen MR) is 71.6 cm³/mol. The average molecular weight is 263 g/mol. The lowest BCUT2D eigenvalue weighted by atomic mass is 10.2. The van der Waals surface area contributed by atoms with Gasteiger partial charge in [0.05, 0.1) is 12.3 Å². The van der Waals surface area contributed by atoms with Crippen molar-refractivity contribution in [2.75, 3.05) is 0 Å². The van der Waals surface area contributed by atoms with Gasteiger partial charge in [-0.1, -0.05) is 13.8 Å². The molecule has 0 aliphatic heterocycles. The Hall–Kier alpha value is -1.69. The summed E-state index contributed by atoms with van der Waals surface area (Å²) >= 11 is 0. The Morgan fingerprint density at radius 1 is 1.26 bits per heavy atom. The van der Waals surface area contributed by atoms with Gasteiger partial charge in [0.15, 0.2) is 0 Å². The summed E-state index contributed by atoms with van der Waals surface area (Å²) in [5.74, 6) is 1.41. The molecule has 0 spiro atoms. The van der Waals surface area contributed by atoms with Crippen molar-refractivity contribution in [1.82, 2.24) is 24.5 Å². The molecule has 2 heterocycles. The molecule has 0 atom stereocenters. The topological polar surface area (TPSA) is 68.8 Å². The van der Waals surface area contributed by atoms with E-state index in [9.17, 15) is 5.11 Å². The van der Waals surface area contributed by atoms with Gasteiger partial charge in [0, 0.05) is 17.8 Å². The van der Waals surface area contributed by atoms with Crippen molar-refractivity contribution in [3.05, 3.63) is 29.1 Å². The van der Waals surface area contributed by atoms with Crippen molar-refractivity contribution in [3.63, 3.8) is 0 Å². The Labute approximate surface area is 113 Å². The highest BCUT2D eigenvalue weighted by Crippen LogP contribution is 2.14. The molecular formula is C13H21N5O. The van der Waals surface area contributed by atoms with Crippen molar-refractivity contribution in [3.8, 4) is 0 Å². The van der Waals surface area contributed by atoms with Crippen molar-refractivity contribution >= 4 is 0 Å². The third-order valence-electron chi connectivity index (χ3n) is 3.21. The largest absolute Gasteiger partial charge is 0.392 e. The molecule has 0 saturated heterocycles. The summed E-state index contributed by atoms with van der Waals surface area (Å²) in [6.07, 6.45) is 1.58. The summed E-state index contributed by atoms with van der Waals surface area (Å²) < 4.78 is 3.79. The molecular weight excluding hydrogens is 242 g/mol. The molecule has 2 aromatic heterocycles. The Balaban J connectivity index is 2.24. The van der Waals surface area contributed by atoms with E-state index in [4.69, 9.17) is 0 Å². The SMILES string of the molecule is Cc1nn(Cc2ncnn2CC(C)C)c(C)c1CO. The fraction of sp³-hybridized carbons (Fsp3) is 0.615. The summed E-state index contributed by atoms with van der Waals surface area (Å²) in [5.41, 5.74) is 2.75. The van der Waals surface area contributed by atoms with E-state index in [-0.39, 0.29) is 6.61 Å². The van der Waals surface area contributed by atoms with Gasteiger partial charge in [-0.25, -0.2) is 9.67 Å². The highest BCUT2D eigenvalue weighted by molar-refractivity contribution is 5.23. The zero-order chi connectivity index (χ0) is 14.0. The van der Waals surface area contributed by atoms with Crippen molar-refractivity contribution in [1.29, 1.82) is 0 Å². The molecule has 0 fully saturated rings. The van der Waals surface area contributed by atoms with E-state index in [1.807, 2.05) is 23.2 Å². The fourth-order valence-electron chi connectivity index (χ4n) is 2.16. The minimum absolute atomic E-state index is 0.0242. The normalized spacial score (nSPS) is 11.5. The Bertz CT molecular complexity index is 555. The van der Waals surface area contributed by atoms with Gasteiger partial charge >= 0.3 is 0 Å². The quantitative estimate of drug-likeness (QED) is 0.882. The number of aliphatic hydroxyl groups is 1. The first-order chi connectivity index (χ1) is 9.02. The van der Waals surface area contributed by atoms with Crippen LogP contribution in [0.15, 0.2) is 6.33 Å². The van der Waals surface area contributed by atoms with Crippen LogP contribution < -0.4 is 0 Å². The first kappa shape index (κ1) is 13.7. The third-order valence-corrected chi connectivity index (χ3v) is 3.21. The maximum Gasteiger partial charge on any atom is 0.148 e. The highest BCUT2D eigenvalue weighted by Gasteiger charge is 2.13. The number of hydrogen-bond acceptors (Lipinski definition) is 4.